The summed E-state index contributed by atoms with van der Waals surface area (Å²) in [4.78, 5) is 10.5. The minimum absolute atomic E-state index is 0.242. The Morgan fingerprint density at radius 1 is 1.55 bits per heavy atom. The molecule has 0 bridgehead atoms. The van der Waals surface area contributed by atoms with Crippen LogP contribution < -0.4 is 16.4 Å². The average molecular weight is 326 g/mol. The number of hydrogen-bond donors (Lipinski definition) is 3. The quantitative estimate of drug-likeness (QED) is 0.379. The van der Waals surface area contributed by atoms with Gasteiger partial charge in [0.15, 0.2) is 5.82 Å². The van der Waals surface area contributed by atoms with Crippen molar-refractivity contribution in [1.29, 1.82) is 0 Å². The van der Waals surface area contributed by atoms with E-state index in [2.05, 4.69) is 10.6 Å². The van der Waals surface area contributed by atoms with Gasteiger partial charge < -0.3 is 20.8 Å². The summed E-state index contributed by atoms with van der Waals surface area (Å²) in [5.41, 5.74) is 5.75. The molecule has 0 radical (unpaired) electrons. The van der Waals surface area contributed by atoms with Crippen LogP contribution in [0.25, 0.3) is 0 Å². The topological polar surface area (TPSA) is 106 Å². The van der Waals surface area contributed by atoms with Crippen LogP contribution in [-0.4, -0.2) is 23.8 Å². The van der Waals surface area contributed by atoms with E-state index in [1.165, 1.54) is 0 Å². The van der Waals surface area contributed by atoms with Gasteiger partial charge in [0.05, 0.1) is 22.6 Å². The number of thioether (sulfide) groups is 1. The zero-order valence-electron chi connectivity index (χ0n) is 12.8. The van der Waals surface area contributed by atoms with Crippen molar-refractivity contribution in [2.75, 3.05) is 18.8 Å². The Hall–Kier alpha value is -1.67. The minimum Gasteiger partial charge on any atom is -0.463 e. The molecular weight excluding hydrogens is 304 g/mol. The van der Waals surface area contributed by atoms with E-state index in [4.69, 9.17) is 10.2 Å². The largest absolute Gasteiger partial charge is 0.463 e. The maximum atomic E-state index is 10.8. The molecule has 0 fully saturated rings. The Kier molecular flexibility index (Phi) is 5.36. The highest BCUT2D eigenvalue weighted by atomic mass is 32.2. The first-order valence-corrected chi connectivity index (χ1v) is 8.34. The molecule has 22 heavy (non-hydrogen) atoms. The third kappa shape index (κ3) is 4.41. The molecule has 1 aliphatic rings. The Balaban J connectivity index is 1.71. The average Bonchev–Trinajstić information content (AvgIpc) is 3.05. The van der Waals surface area contributed by atoms with Crippen LogP contribution in [0, 0.1) is 10.1 Å². The van der Waals surface area contributed by atoms with Crippen LogP contribution in [0.4, 0.5) is 0 Å². The second kappa shape index (κ2) is 7.06. The lowest BCUT2D eigenvalue weighted by Crippen LogP contribution is -2.27. The van der Waals surface area contributed by atoms with Gasteiger partial charge in [-0.15, -0.1) is 0 Å². The maximum Gasteiger partial charge on any atom is 0.287 e. The van der Waals surface area contributed by atoms with Crippen molar-refractivity contribution < 1.29 is 9.34 Å². The molecule has 0 atom stereocenters. The van der Waals surface area contributed by atoms with E-state index < -0.39 is 5.54 Å². The molecule has 0 saturated carbocycles. The molecule has 1 aliphatic heterocycles. The van der Waals surface area contributed by atoms with E-state index in [1.54, 1.807) is 11.8 Å². The van der Waals surface area contributed by atoms with Gasteiger partial charge in [-0.1, -0.05) is 0 Å². The van der Waals surface area contributed by atoms with E-state index >= 15 is 0 Å². The van der Waals surface area contributed by atoms with Crippen molar-refractivity contribution in [1.82, 2.24) is 10.6 Å². The number of nitrogens with one attached hydrogen (secondary N) is 2. The Morgan fingerprint density at radius 2 is 2.32 bits per heavy atom. The zero-order valence-corrected chi connectivity index (χ0v) is 13.7. The number of rotatable bonds is 8. The summed E-state index contributed by atoms with van der Waals surface area (Å²) >= 11 is 1.71. The molecule has 0 unspecified atom stereocenters. The first-order valence-electron chi connectivity index (χ1n) is 7.19. The van der Waals surface area contributed by atoms with Gasteiger partial charge in [-0.25, -0.2) is 0 Å². The summed E-state index contributed by atoms with van der Waals surface area (Å²) in [6, 6.07) is 3.85. The van der Waals surface area contributed by atoms with Gasteiger partial charge in [0.25, 0.3) is 5.70 Å². The van der Waals surface area contributed by atoms with Crippen molar-refractivity contribution in [3.05, 3.63) is 45.3 Å². The first-order chi connectivity index (χ1) is 10.4. The highest BCUT2D eigenvalue weighted by Crippen LogP contribution is 2.22. The summed E-state index contributed by atoms with van der Waals surface area (Å²) in [5.74, 6) is 3.81. The normalized spacial score (nSPS) is 15.0. The SMILES string of the molecule is CC(C)(N)c1ccc(CSCCNC2=C([N+](=O)[O-])CCN2)o1. The molecule has 4 N–H and O–H groups in total. The van der Waals surface area contributed by atoms with Crippen molar-refractivity contribution in [3.63, 3.8) is 0 Å². The van der Waals surface area contributed by atoms with Gasteiger partial charge in [-0.3, -0.25) is 10.1 Å². The molecule has 1 aromatic heterocycles. The summed E-state index contributed by atoms with van der Waals surface area (Å²) in [7, 11) is 0. The molecule has 122 valence electrons. The van der Waals surface area contributed by atoms with E-state index in [0.717, 1.165) is 23.0 Å². The van der Waals surface area contributed by atoms with E-state index in [1.807, 2.05) is 26.0 Å². The highest BCUT2D eigenvalue weighted by Gasteiger charge is 2.23. The Labute approximate surface area is 133 Å². The number of hydrogen-bond acceptors (Lipinski definition) is 7. The maximum absolute atomic E-state index is 10.8. The highest BCUT2D eigenvalue weighted by molar-refractivity contribution is 7.98. The molecule has 0 spiro atoms. The fourth-order valence-electron chi connectivity index (χ4n) is 2.10. The fraction of sp³-hybridized carbons (Fsp3) is 0.571. The monoisotopic (exact) mass is 326 g/mol. The molecule has 0 aromatic carbocycles. The van der Waals surface area contributed by atoms with Crippen LogP contribution in [0.3, 0.4) is 0 Å². The van der Waals surface area contributed by atoms with Crippen LogP contribution >= 0.6 is 11.8 Å². The molecule has 1 aromatic rings. The molecule has 7 nitrogen and oxygen atoms in total. The van der Waals surface area contributed by atoms with Gasteiger partial charge in [-0.05, 0) is 26.0 Å². The second-order valence-corrected chi connectivity index (χ2v) is 6.83. The number of nitrogens with zero attached hydrogens (tertiary/aromatic N) is 1. The van der Waals surface area contributed by atoms with E-state index in [-0.39, 0.29) is 10.6 Å². The predicted octanol–water partition coefficient (Wildman–Crippen LogP) is 1.74. The lowest BCUT2D eigenvalue weighted by Gasteiger charge is -2.14. The third-order valence-electron chi connectivity index (χ3n) is 3.26. The number of nitro groups is 1. The summed E-state index contributed by atoms with van der Waals surface area (Å²) in [6.07, 6.45) is 0.465. The molecule has 2 rings (SSSR count). The predicted molar refractivity (Wildman–Crippen MR) is 86.7 cm³/mol. The molecule has 0 saturated heterocycles. The lowest BCUT2D eigenvalue weighted by atomic mass is 10.0. The van der Waals surface area contributed by atoms with Crippen LogP contribution in [0.2, 0.25) is 0 Å². The van der Waals surface area contributed by atoms with Crippen molar-refractivity contribution in [2.24, 2.45) is 5.73 Å². The first kappa shape index (κ1) is 16.7. The van der Waals surface area contributed by atoms with Crippen molar-refractivity contribution in [3.8, 4) is 0 Å². The van der Waals surface area contributed by atoms with Gasteiger partial charge in [0, 0.05) is 18.8 Å². The Morgan fingerprint density at radius 3 is 2.95 bits per heavy atom. The van der Waals surface area contributed by atoms with Crippen molar-refractivity contribution >= 4 is 11.8 Å². The molecule has 2 heterocycles. The molecule has 0 amide bonds. The third-order valence-corrected chi connectivity index (χ3v) is 4.24. The van der Waals surface area contributed by atoms with E-state index in [0.29, 0.717) is 25.3 Å². The smallest absolute Gasteiger partial charge is 0.287 e. The standard InChI is InChI=1S/C14H22N4O3S/c1-14(2,15)12-4-3-10(21-12)9-22-8-7-17-13-11(18(19)20)5-6-16-13/h3-4,16-17H,5-9,15H2,1-2H3. The summed E-state index contributed by atoms with van der Waals surface area (Å²) < 4.78 is 5.70. The van der Waals surface area contributed by atoms with E-state index in [9.17, 15) is 10.1 Å². The van der Waals surface area contributed by atoms with Gasteiger partial charge in [0.2, 0.25) is 0 Å². The minimum atomic E-state index is -0.468. The van der Waals surface area contributed by atoms with Crippen LogP contribution in [-0.2, 0) is 11.3 Å². The fourth-order valence-corrected chi connectivity index (χ4v) is 2.85. The van der Waals surface area contributed by atoms with Crippen LogP contribution in [0.15, 0.2) is 28.1 Å². The number of nitrogens with two attached hydrogens (primary N) is 1. The molecule has 8 heteroatoms. The molecular formula is C14H22N4O3S. The molecule has 0 aliphatic carbocycles. The number of furan rings is 1. The van der Waals surface area contributed by atoms with Gasteiger partial charge >= 0.3 is 0 Å². The van der Waals surface area contributed by atoms with Crippen LogP contribution in [0.1, 0.15) is 31.8 Å². The van der Waals surface area contributed by atoms with Crippen molar-refractivity contribution in [2.45, 2.75) is 31.6 Å². The summed E-state index contributed by atoms with van der Waals surface area (Å²) in [6.45, 7) is 5.10. The van der Waals surface area contributed by atoms with Gasteiger partial charge in [0.1, 0.15) is 11.5 Å². The lowest BCUT2D eigenvalue weighted by molar-refractivity contribution is -0.427. The van der Waals surface area contributed by atoms with Crippen LogP contribution in [0.5, 0.6) is 0 Å². The second-order valence-electron chi connectivity index (χ2n) is 5.72. The Bertz CT molecular complexity index is 563. The van der Waals surface area contributed by atoms with Gasteiger partial charge in [-0.2, -0.15) is 11.8 Å². The zero-order chi connectivity index (χ0) is 16.2. The summed E-state index contributed by atoms with van der Waals surface area (Å²) in [5, 5.41) is 16.9.